The Morgan fingerprint density at radius 2 is 1.90 bits per heavy atom. The van der Waals surface area contributed by atoms with Crippen LogP contribution in [0.3, 0.4) is 0 Å². The predicted octanol–water partition coefficient (Wildman–Crippen LogP) is 3.68. The SMILES string of the molecule is COc1ccc2[nH]c(C(=O)O)c(-c3ccc(F)cc3)c2c1. The number of halogens is 1. The first kappa shape index (κ1) is 13.2. The molecule has 0 aliphatic heterocycles. The van der Waals surface area contributed by atoms with Crippen molar-refractivity contribution >= 4 is 16.9 Å². The van der Waals surface area contributed by atoms with Crippen molar-refractivity contribution < 1.29 is 19.0 Å². The Hall–Kier alpha value is -2.82. The Morgan fingerprint density at radius 1 is 1.19 bits per heavy atom. The number of carbonyl (C=O) groups is 1. The number of benzene rings is 2. The van der Waals surface area contributed by atoms with E-state index in [2.05, 4.69) is 4.98 Å². The van der Waals surface area contributed by atoms with Gasteiger partial charge < -0.3 is 14.8 Å². The molecule has 3 aromatic rings. The summed E-state index contributed by atoms with van der Waals surface area (Å²) in [7, 11) is 1.55. The van der Waals surface area contributed by atoms with Crippen LogP contribution in [0.1, 0.15) is 10.5 Å². The second-order valence-electron chi connectivity index (χ2n) is 4.60. The van der Waals surface area contributed by atoms with E-state index in [1.54, 1.807) is 37.4 Å². The van der Waals surface area contributed by atoms with E-state index in [1.807, 2.05) is 0 Å². The monoisotopic (exact) mass is 285 g/mol. The molecule has 2 aromatic carbocycles. The van der Waals surface area contributed by atoms with E-state index >= 15 is 0 Å². The van der Waals surface area contributed by atoms with Gasteiger partial charge in [0.2, 0.25) is 0 Å². The van der Waals surface area contributed by atoms with E-state index < -0.39 is 5.97 Å². The molecule has 0 aliphatic rings. The highest BCUT2D eigenvalue weighted by Gasteiger charge is 2.19. The van der Waals surface area contributed by atoms with E-state index in [0.717, 1.165) is 5.39 Å². The number of rotatable bonds is 3. The topological polar surface area (TPSA) is 62.3 Å². The molecule has 0 unspecified atom stereocenters. The number of aromatic amines is 1. The average Bonchev–Trinajstić information content (AvgIpc) is 2.86. The fourth-order valence-electron chi connectivity index (χ4n) is 2.37. The van der Waals surface area contributed by atoms with Gasteiger partial charge in [-0.3, -0.25) is 0 Å². The van der Waals surface area contributed by atoms with Crippen molar-refractivity contribution in [3.05, 3.63) is 54.0 Å². The summed E-state index contributed by atoms with van der Waals surface area (Å²) in [6.07, 6.45) is 0. The second-order valence-corrected chi connectivity index (χ2v) is 4.60. The number of nitrogens with one attached hydrogen (secondary N) is 1. The van der Waals surface area contributed by atoms with Crippen LogP contribution < -0.4 is 4.74 Å². The van der Waals surface area contributed by atoms with E-state index in [4.69, 9.17) is 4.74 Å². The lowest BCUT2D eigenvalue weighted by Gasteiger charge is -2.04. The van der Waals surface area contributed by atoms with Crippen molar-refractivity contribution in [3.63, 3.8) is 0 Å². The van der Waals surface area contributed by atoms with Crippen molar-refractivity contribution in [2.24, 2.45) is 0 Å². The quantitative estimate of drug-likeness (QED) is 0.771. The molecule has 2 N–H and O–H groups in total. The largest absolute Gasteiger partial charge is 0.497 e. The number of aromatic nitrogens is 1. The standard InChI is InChI=1S/C16H12FNO3/c1-21-11-6-7-13-12(8-11)14(15(18-13)16(19)20)9-2-4-10(17)5-3-9/h2-8,18H,1H3,(H,19,20). The van der Waals surface area contributed by atoms with E-state index in [0.29, 0.717) is 22.4 Å². The number of aromatic carboxylic acids is 1. The number of carboxylic acids is 1. The Bertz CT molecular complexity index is 821. The number of carboxylic acid groups (broad SMARTS) is 1. The van der Waals surface area contributed by atoms with Crippen LogP contribution in [0, 0.1) is 5.82 Å². The molecular weight excluding hydrogens is 273 g/mol. The van der Waals surface area contributed by atoms with Crippen LogP contribution in [0.2, 0.25) is 0 Å². The van der Waals surface area contributed by atoms with Gasteiger partial charge in [0.05, 0.1) is 7.11 Å². The van der Waals surface area contributed by atoms with Gasteiger partial charge in [-0.05, 0) is 35.9 Å². The van der Waals surface area contributed by atoms with Crippen molar-refractivity contribution in [2.75, 3.05) is 7.11 Å². The molecule has 0 spiro atoms. The summed E-state index contributed by atoms with van der Waals surface area (Å²) in [5, 5.41) is 10.1. The third kappa shape index (κ3) is 2.23. The van der Waals surface area contributed by atoms with Crippen LogP contribution in [-0.4, -0.2) is 23.2 Å². The first-order chi connectivity index (χ1) is 10.1. The molecule has 3 rings (SSSR count). The molecule has 0 atom stereocenters. The minimum Gasteiger partial charge on any atom is -0.497 e. The second kappa shape index (κ2) is 4.94. The fraction of sp³-hybridized carbons (Fsp3) is 0.0625. The van der Waals surface area contributed by atoms with Crippen molar-refractivity contribution in [1.29, 1.82) is 0 Å². The molecule has 0 amide bonds. The molecule has 0 fully saturated rings. The summed E-state index contributed by atoms with van der Waals surface area (Å²) in [5.41, 5.74) is 1.92. The molecule has 1 aromatic heterocycles. The molecule has 0 bridgehead atoms. The lowest BCUT2D eigenvalue weighted by atomic mass is 10.0. The number of H-pyrrole nitrogens is 1. The predicted molar refractivity (Wildman–Crippen MR) is 77.2 cm³/mol. The molecule has 0 radical (unpaired) electrons. The zero-order valence-electron chi connectivity index (χ0n) is 11.2. The maximum atomic E-state index is 13.1. The van der Waals surface area contributed by atoms with E-state index in [-0.39, 0.29) is 11.5 Å². The summed E-state index contributed by atoms with van der Waals surface area (Å²) in [6, 6.07) is 11.0. The molecule has 4 nitrogen and oxygen atoms in total. The van der Waals surface area contributed by atoms with Crippen LogP contribution >= 0.6 is 0 Å². The minimum atomic E-state index is -1.07. The third-order valence-electron chi connectivity index (χ3n) is 3.35. The van der Waals surface area contributed by atoms with Crippen LogP contribution in [0.5, 0.6) is 5.75 Å². The van der Waals surface area contributed by atoms with Gasteiger partial charge in [0.15, 0.2) is 0 Å². The third-order valence-corrected chi connectivity index (χ3v) is 3.35. The fourth-order valence-corrected chi connectivity index (χ4v) is 2.37. The summed E-state index contributed by atoms with van der Waals surface area (Å²) < 4.78 is 18.3. The highest BCUT2D eigenvalue weighted by molar-refractivity contribution is 6.07. The first-order valence-corrected chi connectivity index (χ1v) is 6.29. The van der Waals surface area contributed by atoms with Crippen LogP contribution in [0.15, 0.2) is 42.5 Å². The lowest BCUT2D eigenvalue weighted by molar-refractivity contribution is 0.0692. The summed E-state index contributed by atoms with van der Waals surface area (Å²) in [5.74, 6) is -0.806. The van der Waals surface area contributed by atoms with E-state index in [9.17, 15) is 14.3 Å². The van der Waals surface area contributed by atoms with Gasteiger partial charge in [-0.15, -0.1) is 0 Å². The van der Waals surface area contributed by atoms with Crippen molar-refractivity contribution in [1.82, 2.24) is 4.98 Å². The Morgan fingerprint density at radius 3 is 2.52 bits per heavy atom. The Balaban J connectivity index is 2.33. The van der Waals surface area contributed by atoms with Crippen LogP contribution in [0.4, 0.5) is 4.39 Å². The van der Waals surface area contributed by atoms with Gasteiger partial charge in [-0.25, -0.2) is 9.18 Å². The van der Waals surface area contributed by atoms with Crippen molar-refractivity contribution in [3.8, 4) is 16.9 Å². The number of hydrogen-bond acceptors (Lipinski definition) is 2. The molecule has 106 valence electrons. The zero-order valence-corrected chi connectivity index (χ0v) is 11.2. The van der Waals surface area contributed by atoms with Gasteiger partial charge in [0, 0.05) is 16.5 Å². The molecule has 1 heterocycles. The van der Waals surface area contributed by atoms with Crippen LogP contribution in [0.25, 0.3) is 22.0 Å². The maximum absolute atomic E-state index is 13.1. The zero-order chi connectivity index (χ0) is 15.0. The normalized spacial score (nSPS) is 10.8. The molecule has 5 heteroatoms. The summed E-state index contributed by atoms with van der Waals surface area (Å²) >= 11 is 0. The van der Waals surface area contributed by atoms with Crippen LogP contribution in [-0.2, 0) is 0 Å². The van der Waals surface area contributed by atoms with Gasteiger partial charge in [0.25, 0.3) is 0 Å². The summed E-state index contributed by atoms with van der Waals surface area (Å²) in [6.45, 7) is 0. The van der Waals surface area contributed by atoms with Gasteiger partial charge in [-0.2, -0.15) is 0 Å². The summed E-state index contributed by atoms with van der Waals surface area (Å²) in [4.78, 5) is 14.3. The molecule has 0 aliphatic carbocycles. The Kier molecular flexibility index (Phi) is 3.10. The van der Waals surface area contributed by atoms with Gasteiger partial charge in [0.1, 0.15) is 17.3 Å². The van der Waals surface area contributed by atoms with E-state index in [1.165, 1.54) is 12.1 Å². The smallest absolute Gasteiger partial charge is 0.352 e. The van der Waals surface area contributed by atoms with Gasteiger partial charge >= 0.3 is 5.97 Å². The average molecular weight is 285 g/mol. The molecule has 21 heavy (non-hydrogen) atoms. The molecule has 0 saturated carbocycles. The first-order valence-electron chi connectivity index (χ1n) is 6.29. The lowest BCUT2D eigenvalue weighted by Crippen LogP contribution is -1.98. The Labute approximate surface area is 119 Å². The number of hydrogen-bond donors (Lipinski definition) is 2. The highest BCUT2D eigenvalue weighted by atomic mass is 19.1. The highest BCUT2D eigenvalue weighted by Crippen LogP contribution is 2.34. The number of fused-ring (bicyclic) bond motifs is 1. The number of methoxy groups -OCH3 is 1. The van der Waals surface area contributed by atoms with Gasteiger partial charge in [-0.1, -0.05) is 12.1 Å². The molecule has 0 saturated heterocycles. The van der Waals surface area contributed by atoms with Crippen molar-refractivity contribution in [2.45, 2.75) is 0 Å². The number of ether oxygens (including phenoxy) is 1. The maximum Gasteiger partial charge on any atom is 0.352 e. The molecular formula is C16H12FNO3. The minimum absolute atomic E-state index is 0.0739.